The van der Waals surface area contributed by atoms with E-state index in [1.165, 1.54) is 6.92 Å². The Bertz CT molecular complexity index is 347. The lowest BCUT2D eigenvalue weighted by molar-refractivity contribution is -0.116. The fraction of sp³-hybridized carbons (Fsp3) is 0.364. The number of phenols is 1. The van der Waals surface area contributed by atoms with Crippen molar-refractivity contribution in [3.05, 3.63) is 23.8 Å². The van der Waals surface area contributed by atoms with Crippen molar-refractivity contribution in [2.24, 2.45) is 0 Å². The maximum absolute atomic E-state index is 11.3. The number of nitrogens with zero attached hydrogens (tertiary/aromatic N) is 1. The van der Waals surface area contributed by atoms with Crippen LogP contribution in [-0.2, 0) is 4.79 Å². The number of aromatic hydroxyl groups is 1. The quantitative estimate of drug-likeness (QED) is 0.781. The minimum Gasteiger partial charge on any atom is -0.506 e. The number of carbonyl (C=O) groups excluding carboxylic acids is 1. The largest absolute Gasteiger partial charge is 0.506 e. The lowest BCUT2D eigenvalue weighted by Gasteiger charge is -2.20. The van der Waals surface area contributed by atoms with Crippen molar-refractivity contribution in [3.8, 4) is 5.75 Å². The first-order valence-corrected chi connectivity index (χ1v) is 4.64. The predicted octanol–water partition coefficient (Wildman–Crippen LogP) is 2.07. The van der Waals surface area contributed by atoms with Gasteiger partial charge in [0.1, 0.15) is 5.75 Å². The first kappa shape index (κ1) is 10.6. The number of hydrogen-bond donors (Lipinski definition) is 1. The summed E-state index contributed by atoms with van der Waals surface area (Å²) in [7, 11) is 0. The molecule has 3 nitrogen and oxygen atoms in total. The third-order valence-corrected chi connectivity index (χ3v) is 2.12. The van der Waals surface area contributed by atoms with E-state index < -0.39 is 0 Å². The molecule has 0 heterocycles. The highest BCUT2D eigenvalue weighted by Gasteiger charge is 2.12. The highest BCUT2D eigenvalue weighted by molar-refractivity contribution is 5.93. The maximum Gasteiger partial charge on any atom is 0.223 e. The van der Waals surface area contributed by atoms with Crippen LogP contribution < -0.4 is 4.90 Å². The third kappa shape index (κ3) is 2.05. The summed E-state index contributed by atoms with van der Waals surface area (Å²) in [5.41, 5.74) is 1.61. The number of hydrogen-bond acceptors (Lipinski definition) is 2. The molecule has 0 aromatic heterocycles. The lowest BCUT2D eigenvalue weighted by Crippen LogP contribution is -2.27. The minimum atomic E-state index is -0.0617. The standard InChI is InChI=1S/C11H15NO2/c1-4-12(9(3)13)10-7-8(2)5-6-11(10)14/h5-7,14H,4H2,1-3H3. The fourth-order valence-corrected chi connectivity index (χ4v) is 1.41. The summed E-state index contributed by atoms with van der Waals surface area (Å²) in [6, 6.07) is 5.23. The van der Waals surface area contributed by atoms with Gasteiger partial charge in [0.25, 0.3) is 0 Å². The molecule has 3 heteroatoms. The van der Waals surface area contributed by atoms with Gasteiger partial charge in [-0.25, -0.2) is 0 Å². The summed E-state index contributed by atoms with van der Waals surface area (Å²) in [4.78, 5) is 12.8. The van der Waals surface area contributed by atoms with Crippen LogP contribution in [0, 0.1) is 6.92 Å². The smallest absolute Gasteiger partial charge is 0.223 e. The van der Waals surface area contributed by atoms with E-state index in [1.807, 2.05) is 19.9 Å². The molecule has 0 spiro atoms. The number of carbonyl (C=O) groups is 1. The molecule has 1 aromatic carbocycles. The second-order valence-corrected chi connectivity index (χ2v) is 3.26. The van der Waals surface area contributed by atoms with E-state index in [1.54, 1.807) is 17.0 Å². The SMILES string of the molecule is CCN(C(C)=O)c1cc(C)ccc1O. The molecule has 0 bridgehead atoms. The summed E-state index contributed by atoms with van der Waals surface area (Å²) in [5, 5.41) is 9.59. The Hall–Kier alpha value is -1.51. The van der Waals surface area contributed by atoms with Crippen molar-refractivity contribution in [3.63, 3.8) is 0 Å². The molecule has 1 rings (SSSR count). The van der Waals surface area contributed by atoms with Crippen molar-refractivity contribution >= 4 is 11.6 Å². The molecular formula is C11H15NO2. The van der Waals surface area contributed by atoms with Gasteiger partial charge in [-0.3, -0.25) is 4.79 Å². The van der Waals surface area contributed by atoms with Crippen molar-refractivity contribution in [2.45, 2.75) is 20.8 Å². The summed E-state index contributed by atoms with van der Waals surface area (Å²) < 4.78 is 0. The van der Waals surface area contributed by atoms with Crippen LogP contribution in [-0.4, -0.2) is 17.6 Å². The molecule has 0 aliphatic rings. The van der Waals surface area contributed by atoms with E-state index in [4.69, 9.17) is 0 Å². The van der Waals surface area contributed by atoms with Crippen LogP contribution in [0.25, 0.3) is 0 Å². The van der Waals surface area contributed by atoms with Crippen LogP contribution in [0.3, 0.4) is 0 Å². The summed E-state index contributed by atoms with van der Waals surface area (Å²) in [6.45, 7) is 5.86. The molecule has 76 valence electrons. The number of rotatable bonds is 2. The summed E-state index contributed by atoms with van der Waals surface area (Å²) >= 11 is 0. The number of phenolic OH excluding ortho intramolecular Hbond substituents is 1. The first-order chi connectivity index (χ1) is 6.56. The highest BCUT2D eigenvalue weighted by Crippen LogP contribution is 2.27. The molecular weight excluding hydrogens is 178 g/mol. The summed E-state index contributed by atoms with van der Waals surface area (Å²) in [5.74, 6) is 0.0843. The van der Waals surface area contributed by atoms with Crippen LogP contribution in [0.4, 0.5) is 5.69 Å². The minimum absolute atomic E-state index is 0.0617. The number of anilines is 1. The van der Waals surface area contributed by atoms with Gasteiger partial charge in [-0.05, 0) is 31.5 Å². The van der Waals surface area contributed by atoms with Gasteiger partial charge in [0.2, 0.25) is 5.91 Å². The van der Waals surface area contributed by atoms with Gasteiger partial charge in [0, 0.05) is 13.5 Å². The number of benzene rings is 1. The van der Waals surface area contributed by atoms with Gasteiger partial charge < -0.3 is 10.0 Å². The fourth-order valence-electron chi connectivity index (χ4n) is 1.41. The average Bonchev–Trinajstić information content (AvgIpc) is 2.11. The van der Waals surface area contributed by atoms with E-state index in [0.717, 1.165) is 5.56 Å². The van der Waals surface area contributed by atoms with E-state index >= 15 is 0 Å². The van der Waals surface area contributed by atoms with Gasteiger partial charge in [0.15, 0.2) is 0 Å². The molecule has 0 unspecified atom stereocenters. The average molecular weight is 193 g/mol. The molecule has 1 aromatic rings. The Labute approximate surface area is 84.0 Å². The molecule has 0 aliphatic heterocycles. The Balaban J connectivity index is 3.15. The maximum atomic E-state index is 11.3. The normalized spacial score (nSPS) is 9.93. The van der Waals surface area contributed by atoms with Crippen LogP contribution in [0.15, 0.2) is 18.2 Å². The van der Waals surface area contributed by atoms with Gasteiger partial charge in [-0.15, -0.1) is 0 Å². The van der Waals surface area contributed by atoms with Crippen LogP contribution in [0.1, 0.15) is 19.4 Å². The van der Waals surface area contributed by atoms with Crippen molar-refractivity contribution in [2.75, 3.05) is 11.4 Å². The van der Waals surface area contributed by atoms with Crippen molar-refractivity contribution in [1.29, 1.82) is 0 Å². The molecule has 1 amide bonds. The molecule has 0 fully saturated rings. The highest BCUT2D eigenvalue weighted by atomic mass is 16.3. The topological polar surface area (TPSA) is 40.5 Å². The van der Waals surface area contributed by atoms with Crippen LogP contribution >= 0.6 is 0 Å². The van der Waals surface area contributed by atoms with Gasteiger partial charge in [-0.2, -0.15) is 0 Å². The molecule has 0 saturated heterocycles. The van der Waals surface area contributed by atoms with E-state index in [2.05, 4.69) is 0 Å². The van der Waals surface area contributed by atoms with Gasteiger partial charge in [-0.1, -0.05) is 6.07 Å². The third-order valence-electron chi connectivity index (χ3n) is 2.12. The van der Waals surface area contributed by atoms with Gasteiger partial charge in [0.05, 0.1) is 5.69 Å². The molecule has 1 N–H and O–H groups in total. The zero-order chi connectivity index (χ0) is 10.7. The molecule has 14 heavy (non-hydrogen) atoms. The first-order valence-electron chi connectivity index (χ1n) is 4.64. The Kier molecular flexibility index (Phi) is 3.12. The van der Waals surface area contributed by atoms with E-state index in [-0.39, 0.29) is 11.7 Å². The van der Waals surface area contributed by atoms with Crippen molar-refractivity contribution in [1.82, 2.24) is 0 Å². The van der Waals surface area contributed by atoms with E-state index in [0.29, 0.717) is 12.2 Å². The van der Waals surface area contributed by atoms with Crippen molar-refractivity contribution < 1.29 is 9.90 Å². The van der Waals surface area contributed by atoms with Gasteiger partial charge >= 0.3 is 0 Å². The molecule has 0 aliphatic carbocycles. The number of amides is 1. The van der Waals surface area contributed by atoms with E-state index in [9.17, 15) is 9.90 Å². The molecule has 0 radical (unpaired) electrons. The van der Waals surface area contributed by atoms with Crippen LogP contribution in [0.2, 0.25) is 0 Å². The molecule has 0 saturated carbocycles. The second-order valence-electron chi connectivity index (χ2n) is 3.26. The zero-order valence-corrected chi connectivity index (χ0v) is 8.74. The second kappa shape index (κ2) is 4.13. The molecule has 0 atom stereocenters. The predicted molar refractivity (Wildman–Crippen MR) is 56.5 cm³/mol. The Morgan fingerprint density at radius 3 is 2.64 bits per heavy atom. The van der Waals surface area contributed by atoms with Crippen LogP contribution in [0.5, 0.6) is 5.75 Å². The number of aryl methyl sites for hydroxylation is 1. The Morgan fingerprint density at radius 1 is 1.50 bits per heavy atom. The lowest BCUT2D eigenvalue weighted by atomic mass is 10.2. The summed E-state index contributed by atoms with van der Waals surface area (Å²) in [6.07, 6.45) is 0. The zero-order valence-electron chi connectivity index (χ0n) is 8.74. The Morgan fingerprint density at radius 2 is 2.14 bits per heavy atom. The monoisotopic (exact) mass is 193 g/mol.